The standard InChI is InChI=1S/C10H16N2O2/c1-8-5-6-11-12(8)7-9(13)14-10(2,3)4/h5-6H,7H2,1-4H3. The Balaban J connectivity index is 2.54. The third-order valence-electron chi connectivity index (χ3n) is 1.63. The van der Waals surface area contributed by atoms with E-state index in [4.69, 9.17) is 4.74 Å². The number of hydrogen-bond acceptors (Lipinski definition) is 3. The number of aromatic nitrogens is 2. The SMILES string of the molecule is Cc1ccnn1CC(=O)OC(C)(C)C. The summed E-state index contributed by atoms with van der Waals surface area (Å²) in [5.74, 6) is -0.260. The van der Waals surface area contributed by atoms with Crippen molar-refractivity contribution in [3.63, 3.8) is 0 Å². The van der Waals surface area contributed by atoms with E-state index < -0.39 is 5.60 Å². The normalized spacial score (nSPS) is 11.4. The smallest absolute Gasteiger partial charge is 0.328 e. The zero-order valence-electron chi connectivity index (χ0n) is 9.07. The number of hydrogen-bond donors (Lipinski definition) is 0. The van der Waals surface area contributed by atoms with Gasteiger partial charge in [0.15, 0.2) is 0 Å². The van der Waals surface area contributed by atoms with Crippen LogP contribution in [0.5, 0.6) is 0 Å². The Bertz CT molecular complexity index is 323. The van der Waals surface area contributed by atoms with E-state index in [9.17, 15) is 4.79 Å². The van der Waals surface area contributed by atoms with Crippen molar-refractivity contribution in [1.29, 1.82) is 0 Å². The average molecular weight is 196 g/mol. The molecule has 4 nitrogen and oxygen atoms in total. The van der Waals surface area contributed by atoms with Crippen LogP contribution in [0.2, 0.25) is 0 Å². The fourth-order valence-electron chi connectivity index (χ4n) is 1.06. The monoisotopic (exact) mass is 196 g/mol. The maximum absolute atomic E-state index is 11.4. The van der Waals surface area contributed by atoms with Crippen LogP contribution in [0.3, 0.4) is 0 Å². The van der Waals surface area contributed by atoms with Crippen LogP contribution in [0.4, 0.5) is 0 Å². The molecule has 1 rings (SSSR count). The Labute approximate surface area is 83.9 Å². The number of esters is 1. The molecule has 0 saturated carbocycles. The van der Waals surface area contributed by atoms with E-state index in [1.54, 1.807) is 10.9 Å². The van der Waals surface area contributed by atoms with Gasteiger partial charge in [0, 0.05) is 11.9 Å². The van der Waals surface area contributed by atoms with Gasteiger partial charge in [-0.15, -0.1) is 0 Å². The van der Waals surface area contributed by atoms with Crippen molar-refractivity contribution in [2.24, 2.45) is 0 Å². The second-order valence-corrected chi connectivity index (χ2v) is 4.22. The van der Waals surface area contributed by atoms with Gasteiger partial charge in [-0.25, -0.2) is 0 Å². The molecule has 0 amide bonds. The molecule has 0 bridgehead atoms. The number of rotatable bonds is 2. The molecule has 1 aromatic rings. The molecule has 0 N–H and O–H groups in total. The van der Waals surface area contributed by atoms with Gasteiger partial charge in [-0.1, -0.05) is 0 Å². The predicted molar refractivity (Wildman–Crippen MR) is 52.8 cm³/mol. The molecule has 4 heteroatoms. The fraction of sp³-hybridized carbons (Fsp3) is 0.600. The molecule has 0 aromatic carbocycles. The predicted octanol–water partition coefficient (Wildman–Crippen LogP) is 1.53. The molecule has 0 atom stereocenters. The highest BCUT2D eigenvalue weighted by Gasteiger charge is 2.16. The van der Waals surface area contributed by atoms with Crippen LogP contribution in [-0.4, -0.2) is 21.4 Å². The van der Waals surface area contributed by atoms with Crippen molar-refractivity contribution in [2.45, 2.75) is 39.8 Å². The Morgan fingerprint density at radius 1 is 1.57 bits per heavy atom. The number of aryl methyl sites for hydroxylation is 1. The van der Waals surface area contributed by atoms with Crippen LogP contribution >= 0.6 is 0 Å². The highest BCUT2D eigenvalue weighted by molar-refractivity contribution is 5.69. The Morgan fingerprint density at radius 2 is 2.21 bits per heavy atom. The van der Waals surface area contributed by atoms with Crippen LogP contribution in [0.25, 0.3) is 0 Å². The van der Waals surface area contributed by atoms with Gasteiger partial charge in [0.25, 0.3) is 0 Å². The van der Waals surface area contributed by atoms with Gasteiger partial charge < -0.3 is 4.74 Å². The Morgan fingerprint density at radius 3 is 2.64 bits per heavy atom. The van der Waals surface area contributed by atoms with Gasteiger partial charge in [0.1, 0.15) is 12.1 Å². The summed E-state index contributed by atoms with van der Waals surface area (Å²) in [6, 6.07) is 1.85. The molecule has 0 aliphatic rings. The lowest BCUT2D eigenvalue weighted by molar-refractivity contribution is -0.155. The Hall–Kier alpha value is -1.32. The summed E-state index contributed by atoms with van der Waals surface area (Å²) in [6.07, 6.45) is 1.67. The minimum absolute atomic E-state index is 0.177. The quantitative estimate of drug-likeness (QED) is 0.674. The minimum atomic E-state index is -0.432. The lowest BCUT2D eigenvalue weighted by Crippen LogP contribution is -2.27. The van der Waals surface area contributed by atoms with Gasteiger partial charge >= 0.3 is 5.97 Å². The first kappa shape index (κ1) is 10.8. The van der Waals surface area contributed by atoms with E-state index >= 15 is 0 Å². The first-order valence-electron chi connectivity index (χ1n) is 4.59. The second-order valence-electron chi connectivity index (χ2n) is 4.22. The minimum Gasteiger partial charge on any atom is -0.459 e. The van der Waals surface area contributed by atoms with E-state index in [0.717, 1.165) is 5.69 Å². The molecule has 78 valence electrons. The number of nitrogens with zero attached hydrogens (tertiary/aromatic N) is 2. The van der Waals surface area contributed by atoms with Gasteiger partial charge in [-0.05, 0) is 33.8 Å². The summed E-state index contributed by atoms with van der Waals surface area (Å²) in [7, 11) is 0. The molecule has 1 aromatic heterocycles. The van der Waals surface area contributed by atoms with Gasteiger partial charge in [-0.2, -0.15) is 5.10 Å². The molecule has 0 unspecified atom stereocenters. The van der Waals surface area contributed by atoms with Crippen LogP contribution in [0, 0.1) is 6.92 Å². The van der Waals surface area contributed by atoms with Gasteiger partial charge in [0.05, 0.1) is 0 Å². The maximum atomic E-state index is 11.4. The molecule has 14 heavy (non-hydrogen) atoms. The average Bonchev–Trinajstić information content (AvgIpc) is 2.32. The second kappa shape index (κ2) is 3.82. The van der Waals surface area contributed by atoms with Crippen molar-refractivity contribution >= 4 is 5.97 Å². The first-order valence-corrected chi connectivity index (χ1v) is 4.59. The highest BCUT2D eigenvalue weighted by Crippen LogP contribution is 2.08. The molecular weight excluding hydrogens is 180 g/mol. The van der Waals surface area contributed by atoms with Crippen molar-refractivity contribution in [3.8, 4) is 0 Å². The van der Waals surface area contributed by atoms with Crippen LogP contribution in [-0.2, 0) is 16.1 Å². The fourth-order valence-corrected chi connectivity index (χ4v) is 1.06. The lowest BCUT2D eigenvalue weighted by Gasteiger charge is -2.19. The van der Waals surface area contributed by atoms with Crippen molar-refractivity contribution < 1.29 is 9.53 Å². The molecule has 0 saturated heterocycles. The molecule has 1 heterocycles. The summed E-state index contributed by atoms with van der Waals surface area (Å²) in [5, 5.41) is 4.00. The summed E-state index contributed by atoms with van der Waals surface area (Å²) >= 11 is 0. The largest absolute Gasteiger partial charge is 0.459 e. The summed E-state index contributed by atoms with van der Waals surface area (Å²) in [5.41, 5.74) is 0.522. The van der Waals surface area contributed by atoms with Crippen LogP contribution < -0.4 is 0 Å². The van der Waals surface area contributed by atoms with E-state index in [1.165, 1.54) is 0 Å². The summed E-state index contributed by atoms with van der Waals surface area (Å²) < 4.78 is 6.79. The topological polar surface area (TPSA) is 44.1 Å². The van der Waals surface area contributed by atoms with Crippen LogP contribution in [0.1, 0.15) is 26.5 Å². The molecular formula is C10H16N2O2. The number of carbonyl (C=O) groups excluding carboxylic acids is 1. The molecule has 0 aliphatic carbocycles. The Kier molecular flexibility index (Phi) is 2.93. The third-order valence-corrected chi connectivity index (χ3v) is 1.63. The summed E-state index contributed by atoms with van der Waals surface area (Å²) in [4.78, 5) is 11.4. The molecule has 0 spiro atoms. The highest BCUT2D eigenvalue weighted by atomic mass is 16.6. The van der Waals surface area contributed by atoms with Gasteiger partial charge in [0.2, 0.25) is 0 Å². The molecule has 0 aliphatic heterocycles. The zero-order chi connectivity index (χ0) is 10.8. The number of ether oxygens (including phenoxy) is 1. The molecule has 0 fully saturated rings. The summed E-state index contributed by atoms with van der Waals surface area (Å²) in [6.45, 7) is 7.62. The molecule has 0 radical (unpaired) electrons. The first-order chi connectivity index (χ1) is 6.38. The lowest BCUT2D eigenvalue weighted by atomic mass is 10.2. The zero-order valence-corrected chi connectivity index (χ0v) is 9.07. The van der Waals surface area contributed by atoms with E-state index in [2.05, 4.69) is 5.10 Å². The third kappa shape index (κ3) is 3.20. The van der Waals surface area contributed by atoms with Crippen molar-refractivity contribution in [1.82, 2.24) is 9.78 Å². The number of carbonyl (C=O) groups is 1. The van der Waals surface area contributed by atoms with E-state index in [-0.39, 0.29) is 12.5 Å². The van der Waals surface area contributed by atoms with Crippen molar-refractivity contribution in [3.05, 3.63) is 18.0 Å². The maximum Gasteiger partial charge on any atom is 0.328 e. The van der Waals surface area contributed by atoms with E-state index in [0.29, 0.717) is 0 Å². The van der Waals surface area contributed by atoms with Gasteiger partial charge in [-0.3, -0.25) is 9.48 Å². The van der Waals surface area contributed by atoms with Crippen molar-refractivity contribution in [2.75, 3.05) is 0 Å². The van der Waals surface area contributed by atoms with E-state index in [1.807, 2.05) is 33.8 Å². The van der Waals surface area contributed by atoms with Crippen LogP contribution in [0.15, 0.2) is 12.3 Å².